The maximum atomic E-state index is 12.8. The van der Waals surface area contributed by atoms with Gasteiger partial charge in [0.2, 0.25) is 5.75 Å². The number of benzene rings is 2. The molecule has 1 fully saturated rings. The quantitative estimate of drug-likeness (QED) is 0.453. The molecule has 2 aromatic carbocycles. The molecule has 1 aliphatic heterocycles. The lowest BCUT2D eigenvalue weighted by molar-refractivity contribution is 0.0942. The number of ether oxygens (including phenoxy) is 1. The highest BCUT2D eigenvalue weighted by Crippen LogP contribution is 2.32. The van der Waals surface area contributed by atoms with Gasteiger partial charge in [-0.15, -0.1) is 4.57 Å². The Morgan fingerprint density at radius 1 is 1.15 bits per heavy atom. The van der Waals surface area contributed by atoms with Gasteiger partial charge < -0.3 is 24.6 Å². The molecule has 4 aromatic rings. The Balaban J connectivity index is 1.55. The van der Waals surface area contributed by atoms with Crippen LogP contribution in [0.1, 0.15) is 16.1 Å². The second-order valence-electron chi connectivity index (χ2n) is 7.50. The summed E-state index contributed by atoms with van der Waals surface area (Å²) in [5.41, 5.74) is 0.800. The van der Waals surface area contributed by atoms with Crippen molar-refractivity contribution in [3.8, 4) is 5.75 Å². The van der Waals surface area contributed by atoms with E-state index in [9.17, 15) is 14.7 Å². The molecule has 0 saturated carbocycles. The van der Waals surface area contributed by atoms with E-state index in [1.807, 2.05) is 12.1 Å². The fourth-order valence-electron chi connectivity index (χ4n) is 3.80. The second kappa shape index (κ2) is 8.58. The fourth-order valence-corrected chi connectivity index (χ4v) is 4.12. The number of carbonyl (C=O) groups excluding carboxylic acids is 1. The van der Waals surface area contributed by atoms with Crippen molar-refractivity contribution in [1.82, 2.24) is 14.9 Å². The van der Waals surface area contributed by atoms with Crippen molar-refractivity contribution >= 4 is 51.4 Å². The van der Waals surface area contributed by atoms with Crippen molar-refractivity contribution in [3.05, 3.63) is 68.1 Å². The van der Waals surface area contributed by atoms with Gasteiger partial charge in [0.05, 0.1) is 34.3 Å². The van der Waals surface area contributed by atoms with E-state index in [0.29, 0.717) is 52.9 Å². The van der Waals surface area contributed by atoms with E-state index in [0.717, 1.165) is 10.3 Å². The third-order valence-electron chi connectivity index (χ3n) is 5.44. The molecule has 0 radical (unpaired) electrons. The van der Waals surface area contributed by atoms with E-state index in [1.54, 1.807) is 24.3 Å². The number of hydrogen-bond acceptors (Lipinski definition) is 7. The summed E-state index contributed by atoms with van der Waals surface area (Å²) in [6.07, 6.45) is 0. The first-order valence-corrected chi connectivity index (χ1v) is 10.9. The minimum absolute atomic E-state index is 0.0986. The molecule has 0 bridgehead atoms. The minimum Gasteiger partial charge on any atom is -0.501 e. The monoisotopic (exact) mass is 488 g/mol. The van der Waals surface area contributed by atoms with Crippen LogP contribution in [0.3, 0.4) is 0 Å². The molecule has 9 nitrogen and oxygen atoms in total. The van der Waals surface area contributed by atoms with E-state index in [1.165, 1.54) is 0 Å². The summed E-state index contributed by atoms with van der Waals surface area (Å²) in [5, 5.41) is 14.4. The van der Waals surface area contributed by atoms with Crippen LogP contribution in [-0.4, -0.2) is 46.9 Å². The molecular formula is C22H18Cl2N4O5. The number of aromatic hydroxyl groups is 1. The highest BCUT2D eigenvalue weighted by atomic mass is 35.5. The smallest absolute Gasteiger partial charge is 0.330 e. The maximum Gasteiger partial charge on any atom is 0.330 e. The number of anilines is 1. The predicted molar refractivity (Wildman–Crippen MR) is 124 cm³/mol. The zero-order valence-corrected chi connectivity index (χ0v) is 18.7. The Bertz CT molecular complexity index is 1440. The first-order valence-electron chi connectivity index (χ1n) is 10.2. The van der Waals surface area contributed by atoms with Crippen LogP contribution in [0.25, 0.3) is 16.6 Å². The van der Waals surface area contributed by atoms with E-state index in [4.69, 9.17) is 32.5 Å². The molecule has 5 rings (SSSR count). The number of hydrogen-bond donors (Lipinski definition) is 2. The van der Waals surface area contributed by atoms with Gasteiger partial charge in [0.25, 0.3) is 5.91 Å². The van der Waals surface area contributed by atoms with Crippen molar-refractivity contribution in [2.24, 2.45) is 0 Å². The van der Waals surface area contributed by atoms with Crippen LogP contribution in [0, 0.1) is 0 Å². The summed E-state index contributed by atoms with van der Waals surface area (Å²) < 4.78 is 12.0. The van der Waals surface area contributed by atoms with Gasteiger partial charge >= 0.3 is 5.56 Å². The van der Waals surface area contributed by atoms with Gasteiger partial charge in [0.1, 0.15) is 0 Å². The van der Waals surface area contributed by atoms with Crippen molar-refractivity contribution in [2.45, 2.75) is 6.54 Å². The summed E-state index contributed by atoms with van der Waals surface area (Å²) in [7, 11) is 0. The molecule has 0 aliphatic carbocycles. The number of carbonyl (C=O) groups is 1. The SMILES string of the molecule is O=C(NCc1ccc(Cl)c(Cl)c1)c1nc2c3c(N4CCOCC4)cccc3on2c(=O)c1O. The molecular weight excluding hydrogens is 471 g/mol. The predicted octanol–water partition coefficient (Wildman–Crippen LogP) is 3.22. The van der Waals surface area contributed by atoms with Crippen LogP contribution >= 0.6 is 23.2 Å². The second-order valence-corrected chi connectivity index (χ2v) is 8.32. The maximum absolute atomic E-state index is 12.8. The zero-order valence-electron chi connectivity index (χ0n) is 17.2. The van der Waals surface area contributed by atoms with Gasteiger partial charge in [-0.25, -0.2) is 4.98 Å². The standard InChI is InChI=1S/C22H18Cl2N4O5/c23-13-5-4-12(10-14(13)24)11-25-21(30)18-19(29)22(31)28-20(26-18)17-15(2-1-3-16(17)33-28)27-6-8-32-9-7-27/h1-5,10,29H,6-9,11H2,(H,25,30). The lowest BCUT2D eigenvalue weighted by Gasteiger charge is -2.29. The van der Waals surface area contributed by atoms with Gasteiger partial charge in [-0.3, -0.25) is 9.59 Å². The van der Waals surface area contributed by atoms with Gasteiger partial charge in [-0.2, -0.15) is 0 Å². The Morgan fingerprint density at radius 2 is 1.94 bits per heavy atom. The molecule has 0 spiro atoms. The third kappa shape index (κ3) is 3.88. The fraction of sp³-hybridized carbons (Fsp3) is 0.227. The van der Waals surface area contributed by atoms with Crippen LogP contribution in [0.5, 0.6) is 5.75 Å². The lowest BCUT2D eigenvalue weighted by atomic mass is 10.2. The summed E-state index contributed by atoms with van der Waals surface area (Å²) in [6, 6.07) is 10.3. The molecule has 11 heteroatoms. The van der Waals surface area contributed by atoms with Crippen molar-refractivity contribution in [1.29, 1.82) is 0 Å². The summed E-state index contributed by atoms with van der Waals surface area (Å²) in [5.74, 6) is -1.51. The Morgan fingerprint density at radius 3 is 2.70 bits per heavy atom. The average molecular weight is 489 g/mol. The number of morpholine rings is 1. The number of nitrogens with zero attached hydrogens (tertiary/aromatic N) is 3. The largest absolute Gasteiger partial charge is 0.501 e. The van der Waals surface area contributed by atoms with Crippen molar-refractivity contribution < 1.29 is 19.2 Å². The summed E-state index contributed by atoms with van der Waals surface area (Å²) in [4.78, 5) is 32.1. The van der Waals surface area contributed by atoms with E-state index in [2.05, 4.69) is 15.2 Å². The van der Waals surface area contributed by atoms with Crippen LogP contribution < -0.4 is 15.8 Å². The third-order valence-corrected chi connectivity index (χ3v) is 6.18. The van der Waals surface area contributed by atoms with Gasteiger partial charge in [0, 0.05) is 19.6 Å². The molecule has 0 unspecified atom stereocenters. The molecule has 0 atom stereocenters. The van der Waals surface area contributed by atoms with E-state index in [-0.39, 0.29) is 17.9 Å². The topological polar surface area (TPSA) is 109 Å². The van der Waals surface area contributed by atoms with Gasteiger partial charge in [-0.1, -0.05) is 35.3 Å². The molecule has 2 aromatic heterocycles. The number of fused-ring (bicyclic) bond motifs is 3. The van der Waals surface area contributed by atoms with Crippen LogP contribution in [-0.2, 0) is 11.3 Å². The number of nitrogens with one attached hydrogen (secondary N) is 1. The van der Waals surface area contributed by atoms with Crippen LogP contribution in [0.2, 0.25) is 10.0 Å². The first-order chi connectivity index (χ1) is 15.9. The van der Waals surface area contributed by atoms with Crippen LogP contribution in [0.15, 0.2) is 45.7 Å². The van der Waals surface area contributed by atoms with Gasteiger partial charge in [0.15, 0.2) is 16.9 Å². The molecule has 1 amide bonds. The number of halogens is 2. The zero-order chi connectivity index (χ0) is 23.1. The van der Waals surface area contributed by atoms with E-state index >= 15 is 0 Å². The molecule has 170 valence electrons. The highest BCUT2D eigenvalue weighted by Gasteiger charge is 2.25. The summed E-state index contributed by atoms with van der Waals surface area (Å²) in [6.45, 7) is 2.57. The molecule has 3 heterocycles. The average Bonchev–Trinajstić information content (AvgIpc) is 3.21. The Kier molecular flexibility index (Phi) is 5.61. The van der Waals surface area contributed by atoms with Crippen molar-refractivity contribution in [3.63, 3.8) is 0 Å². The van der Waals surface area contributed by atoms with E-state index < -0.39 is 17.2 Å². The number of rotatable bonds is 4. The first kappa shape index (κ1) is 21.6. The lowest BCUT2D eigenvalue weighted by Crippen LogP contribution is -2.36. The molecule has 33 heavy (non-hydrogen) atoms. The summed E-state index contributed by atoms with van der Waals surface area (Å²) >= 11 is 11.9. The van der Waals surface area contributed by atoms with Crippen molar-refractivity contribution in [2.75, 3.05) is 31.2 Å². The molecule has 1 saturated heterocycles. The number of amides is 1. The molecule has 1 aliphatic rings. The molecule has 2 N–H and O–H groups in total. The Labute approximate surface area is 197 Å². The normalized spacial score (nSPS) is 14.2. The van der Waals surface area contributed by atoms with Gasteiger partial charge in [-0.05, 0) is 29.8 Å². The Hall–Kier alpha value is -3.27. The van der Waals surface area contributed by atoms with Crippen LogP contribution in [0.4, 0.5) is 5.69 Å². The number of aromatic nitrogens is 2. The highest BCUT2D eigenvalue weighted by molar-refractivity contribution is 6.42. The minimum atomic E-state index is -0.871.